The second-order valence-corrected chi connectivity index (χ2v) is 7.98. The van der Waals surface area contributed by atoms with Crippen LogP contribution in [0.25, 0.3) is 10.9 Å². The Bertz CT molecular complexity index is 800. The van der Waals surface area contributed by atoms with E-state index in [9.17, 15) is 8.42 Å². The smallest absolute Gasteiger partial charge is 0.243 e. The Morgan fingerprint density at radius 2 is 1.83 bits per heavy atom. The van der Waals surface area contributed by atoms with E-state index in [1.165, 1.54) is 0 Å². The number of hydrogen-bond acceptors (Lipinski definition) is 4. The minimum Gasteiger partial charge on any atom is -0.309 e. The molecule has 23 heavy (non-hydrogen) atoms. The van der Waals surface area contributed by atoms with Crippen LogP contribution >= 0.6 is 12.4 Å². The fourth-order valence-corrected chi connectivity index (χ4v) is 4.93. The Hall–Kier alpha value is -1.21. The highest BCUT2D eigenvalue weighted by Crippen LogP contribution is 2.27. The minimum atomic E-state index is -3.52. The first-order valence-electron chi connectivity index (χ1n) is 7.50. The summed E-state index contributed by atoms with van der Waals surface area (Å²) in [6, 6.07) is 7.44. The van der Waals surface area contributed by atoms with Crippen LogP contribution in [0.2, 0.25) is 0 Å². The molecule has 1 aromatic heterocycles. The molecule has 1 aliphatic heterocycles. The van der Waals surface area contributed by atoms with Gasteiger partial charge in [0.2, 0.25) is 10.0 Å². The molecule has 2 unspecified atom stereocenters. The molecule has 1 fully saturated rings. The van der Waals surface area contributed by atoms with E-state index in [-0.39, 0.29) is 24.5 Å². The van der Waals surface area contributed by atoms with Crippen molar-refractivity contribution in [2.45, 2.75) is 37.8 Å². The van der Waals surface area contributed by atoms with Gasteiger partial charge in [-0.2, -0.15) is 4.31 Å². The molecule has 1 aliphatic rings. The van der Waals surface area contributed by atoms with Crippen molar-refractivity contribution in [3.8, 4) is 0 Å². The second-order valence-electron chi connectivity index (χ2n) is 6.07. The lowest BCUT2D eigenvalue weighted by Gasteiger charge is -2.35. The molecule has 0 bridgehead atoms. The third-order valence-corrected chi connectivity index (χ3v) is 5.96. The van der Waals surface area contributed by atoms with Crippen LogP contribution in [0.3, 0.4) is 0 Å². The van der Waals surface area contributed by atoms with E-state index in [0.29, 0.717) is 23.4 Å². The number of hydrogen-bond donors (Lipinski definition) is 1. The fraction of sp³-hybridized carbons (Fsp3) is 0.438. The van der Waals surface area contributed by atoms with E-state index in [0.717, 1.165) is 11.1 Å². The molecular weight excluding hydrogens is 334 g/mol. The minimum absolute atomic E-state index is 0. The first kappa shape index (κ1) is 18.1. The average Bonchev–Trinajstić information content (AvgIpc) is 2.46. The predicted molar refractivity (Wildman–Crippen MR) is 94.5 cm³/mol. The number of benzene rings is 1. The first-order chi connectivity index (χ1) is 10.4. The van der Waals surface area contributed by atoms with E-state index in [1.54, 1.807) is 22.6 Å². The van der Waals surface area contributed by atoms with Gasteiger partial charge in [-0.15, -0.1) is 12.4 Å². The zero-order chi connectivity index (χ0) is 15.9. The quantitative estimate of drug-likeness (QED) is 0.898. The summed E-state index contributed by atoms with van der Waals surface area (Å²) in [6.07, 6.45) is 1.70. The lowest BCUT2D eigenvalue weighted by molar-refractivity contribution is 0.263. The number of nitrogens with zero attached hydrogens (tertiary/aromatic N) is 2. The molecule has 0 radical (unpaired) electrons. The van der Waals surface area contributed by atoms with E-state index < -0.39 is 10.0 Å². The number of rotatable bonds is 2. The summed E-state index contributed by atoms with van der Waals surface area (Å²) in [7, 11) is -3.52. The maximum Gasteiger partial charge on any atom is 0.243 e. The van der Waals surface area contributed by atoms with Crippen molar-refractivity contribution in [3.63, 3.8) is 0 Å². The van der Waals surface area contributed by atoms with Crippen molar-refractivity contribution in [2.24, 2.45) is 0 Å². The van der Waals surface area contributed by atoms with Gasteiger partial charge in [-0.05, 0) is 44.5 Å². The molecular formula is C16H22ClN3O2S. The maximum atomic E-state index is 13.1. The van der Waals surface area contributed by atoms with Gasteiger partial charge in [-0.3, -0.25) is 4.98 Å². The van der Waals surface area contributed by atoms with Crippen molar-refractivity contribution in [1.82, 2.24) is 14.6 Å². The van der Waals surface area contributed by atoms with E-state index in [2.05, 4.69) is 10.3 Å². The SMILES string of the molecule is Cc1ccc(S(=O)(=O)N2CC(C)NC(C)C2)c2cccnc12.Cl. The standard InChI is InChI=1S/C16H21N3O2S.ClH/c1-11-6-7-15(14-5-4-8-17-16(11)14)22(20,21)19-9-12(2)18-13(3)10-19;/h4-8,12-13,18H,9-10H2,1-3H3;1H. The Balaban J connectivity index is 0.00000192. The summed E-state index contributed by atoms with van der Waals surface area (Å²) in [5.41, 5.74) is 1.73. The largest absolute Gasteiger partial charge is 0.309 e. The maximum absolute atomic E-state index is 13.1. The number of piperazine rings is 1. The molecule has 1 saturated heterocycles. The number of fused-ring (bicyclic) bond motifs is 1. The third kappa shape index (κ3) is 3.35. The third-order valence-electron chi connectivity index (χ3n) is 4.07. The van der Waals surface area contributed by atoms with Crippen molar-refractivity contribution in [3.05, 3.63) is 36.0 Å². The summed E-state index contributed by atoms with van der Waals surface area (Å²) >= 11 is 0. The summed E-state index contributed by atoms with van der Waals surface area (Å²) in [4.78, 5) is 4.68. The molecule has 0 aliphatic carbocycles. The molecule has 1 N–H and O–H groups in total. The molecule has 2 heterocycles. The van der Waals surface area contributed by atoms with E-state index in [1.807, 2.05) is 32.9 Å². The molecule has 7 heteroatoms. The summed E-state index contributed by atoms with van der Waals surface area (Å²) in [5.74, 6) is 0. The number of aryl methyl sites for hydroxylation is 1. The second kappa shape index (κ2) is 6.73. The number of halogens is 1. The van der Waals surface area contributed by atoms with Crippen LogP contribution in [0, 0.1) is 6.92 Å². The normalized spacial score (nSPS) is 22.7. The zero-order valence-electron chi connectivity index (χ0n) is 13.5. The first-order valence-corrected chi connectivity index (χ1v) is 8.94. The molecule has 126 valence electrons. The summed E-state index contributed by atoms with van der Waals surface area (Å²) in [6.45, 7) is 6.94. The van der Waals surface area contributed by atoms with Crippen LogP contribution in [0.4, 0.5) is 0 Å². The van der Waals surface area contributed by atoms with Gasteiger partial charge in [0.15, 0.2) is 0 Å². The monoisotopic (exact) mass is 355 g/mol. The molecule has 0 spiro atoms. The Kier molecular flexibility index (Phi) is 5.30. The van der Waals surface area contributed by atoms with Gasteiger partial charge in [0.1, 0.15) is 0 Å². The van der Waals surface area contributed by atoms with Crippen LogP contribution in [0.15, 0.2) is 35.4 Å². The van der Waals surface area contributed by atoms with E-state index >= 15 is 0 Å². The Morgan fingerprint density at radius 3 is 2.48 bits per heavy atom. The number of pyridine rings is 1. The summed E-state index contributed by atoms with van der Waals surface area (Å²) in [5, 5.41) is 4.06. The van der Waals surface area contributed by atoms with Gasteiger partial charge >= 0.3 is 0 Å². The highest BCUT2D eigenvalue weighted by Gasteiger charge is 2.32. The lowest BCUT2D eigenvalue weighted by atomic mass is 10.1. The highest BCUT2D eigenvalue weighted by atomic mass is 35.5. The van der Waals surface area contributed by atoms with Crippen LogP contribution in [0.1, 0.15) is 19.4 Å². The Morgan fingerprint density at radius 1 is 1.17 bits per heavy atom. The molecule has 0 amide bonds. The van der Waals surface area contributed by atoms with Gasteiger partial charge in [0, 0.05) is 36.8 Å². The molecule has 5 nitrogen and oxygen atoms in total. The van der Waals surface area contributed by atoms with Crippen LogP contribution < -0.4 is 5.32 Å². The molecule has 3 rings (SSSR count). The molecule has 1 aromatic carbocycles. The van der Waals surface area contributed by atoms with Crippen molar-refractivity contribution >= 4 is 33.3 Å². The van der Waals surface area contributed by atoms with Crippen LogP contribution in [-0.2, 0) is 10.0 Å². The predicted octanol–water partition coefficient (Wildman–Crippen LogP) is 2.34. The lowest BCUT2D eigenvalue weighted by Crippen LogP contribution is -2.55. The van der Waals surface area contributed by atoms with E-state index in [4.69, 9.17) is 0 Å². The number of sulfonamides is 1. The highest BCUT2D eigenvalue weighted by molar-refractivity contribution is 7.89. The van der Waals surface area contributed by atoms with Gasteiger partial charge in [0.25, 0.3) is 0 Å². The Labute approximate surface area is 143 Å². The molecule has 0 saturated carbocycles. The zero-order valence-corrected chi connectivity index (χ0v) is 15.1. The topological polar surface area (TPSA) is 62.3 Å². The number of nitrogens with one attached hydrogen (secondary N) is 1. The van der Waals surface area contributed by atoms with Crippen LogP contribution in [-0.4, -0.2) is 42.9 Å². The van der Waals surface area contributed by atoms with Crippen molar-refractivity contribution in [1.29, 1.82) is 0 Å². The van der Waals surface area contributed by atoms with Gasteiger partial charge in [0.05, 0.1) is 10.4 Å². The molecule has 2 atom stereocenters. The average molecular weight is 356 g/mol. The van der Waals surface area contributed by atoms with Crippen LogP contribution in [0.5, 0.6) is 0 Å². The number of aromatic nitrogens is 1. The van der Waals surface area contributed by atoms with Crippen molar-refractivity contribution in [2.75, 3.05) is 13.1 Å². The van der Waals surface area contributed by atoms with Gasteiger partial charge < -0.3 is 5.32 Å². The van der Waals surface area contributed by atoms with Crippen molar-refractivity contribution < 1.29 is 8.42 Å². The summed E-state index contributed by atoms with van der Waals surface area (Å²) < 4.78 is 27.7. The molecule has 2 aromatic rings. The van der Waals surface area contributed by atoms with Gasteiger partial charge in [-0.1, -0.05) is 6.07 Å². The van der Waals surface area contributed by atoms with Gasteiger partial charge in [-0.25, -0.2) is 8.42 Å². The fourth-order valence-electron chi connectivity index (χ4n) is 3.12.